The summed E-state index contributed by atoms with van der Waals surface area (Å²) in [6.07, 6.45) is 4.85. The monoisotopic (exact) mass is 614 g/mol. The van der Waals surface area contributed by atoms with Crippen LogP contribution in [0, 0.1) is 11.8 Å². The highest BCUT2D eigenvalue weighted by Gasteiger charge is 2.29. The lowest BCUT2D eigenvalue weighted by Crippen LogP contribution is -2.42. The summed E-state index contributed by atoms with van der Waals surface area (Å²) in [5.74, 6) is 0.775. The van der Waals surface area contributed by atoms with Gasteiger partial charge in [-0.2, -0.15) is 0 Å². The van der Waals surface area contributed by atoms with Crippen molar-refractivity contribution in [2.75, 3.05) is 53.4 Å². The first-order valence-electron chi connectivity index (χ1n) is 16.1. The van der Waals surface area contributed by atoms with Gasteiger partial charge in [0.05, 0.1) is 0 Å². The maximum absolute atomic E-state index is 13.0. The topological polar surface area (TPSA) is 99.7 Å². The third-order valence-electron chi connectivity index (χ3n) is 8.35. The maximum atomic E-state index is 13.0. The molecule has 2 fully saturated rings. The van der Waals surface area contributed by atoms with Crippen molar-refractivity contribution < 1.29 is 28.7 Å². The fraction of sp³-hybridized carbons (Fsp3) is 0.706. The molecule has 2 aliphatic heterocycles. The van der Waals surface area contributed by atoms with Crippen molar-refractivity contribution in [3.63, 3.8) is 0 Å². The van der Waals surface area contributed by atoms with E-state index in [2.05, 4.69) is 0 Å². The van der Waals surface area contributed by atoms with Gasteiger partial charge in [0, 0.05) is 64.5 Å². The van der Waals surface area contributed by atoms with Crippen LogP contribution in [0.15, 0.2) is 24.3 Å². The normalized spacial score (nSPS) is 16.8. The Morgan fingerprint density at radius 1 is 0.636 bits per heavy atom. The Morgan fingerprint density at radius 2 is 0.932 bits per heavy atom. The number of nitrogens with zero attached hydrogens (tertiary/aromatic N) is 4. The number of piperidine rings is 2. The molecule has 1 aromatic rings. The van der Waals surface area contributed by atoms with Crippen LogP contribution in [0.1, 0.15) is 101 Å². The smallest absolute Gasteiger partial charge is 0.410 e. The zero-order chi connectivity index (χ0) is 32.7. The zero-order valence-electron chi connectivity index (χ0n) is 28.2. The van der Waals surface area contributed by atoms with Gasteiger partial charge in [-0.15, -0.1) is 0 Å². The number of carbonyl (C=O) groups excluding carboxylic acids is 4. The summed E-state index contributed by atoms with van der Waals surface area (Å²) in [4.78, 5) is 57.7. The van der Waals surface area contributed by atoms with Gasteiger partial charge in [-0.1, -0.05) is 0 Å². The summed E-state index contributed by atoms with van der Waals surface area (Å²) in [7, 11) is 3.62. The Balaban J connectivity index is 1.38. The summed E-state index contributed by atoms with van der Waals surface area (Å²) in [5.41, 5.74) is 0.123. The molecule has 0 saturated carbocycles. The molecule has 0 aromatic heterocycles. The summed E-state index contributed by atoms with van der Waals surface area (Å²) in [6, 6.07) is 6.91. The predicted molar refractivity (Wildman–Crippen MR) is 171 cm³/mol. The average Bonchev–Trinajstić information content (AvgIpc) is 2.96. The molecule has 0 N–H and O–H groups in total. The number of hydrogen-bond donors (Lipinski definition) is 0. The number of benzene rings is 1. The first kappa shape index (κ1) is 35.2. The van der Waals surface area contributed by atoms with E-state index in [1.807, 2.05) is 55.6 Å². The van der Waals surface area contributed by atoms with E-state index in [9.17, 15) is 19.2 Å². The van der Waals surface area contributed by atoms with Crippen LogP contribution in [-0.2, 0) is 9.47 Å². The van der Waals surface area contributed by atoms with E-state index < -0.39 is 11.2 Å². The minimum Gasteiger partial charge on any atom is -0.444 e. The van der Waals surface area contributed by atoms with Crippen molar-refractivity contribution in [3.05, 3.63) is 35.4 Å². The second-order valence-electron chi connectivity index (χ2n) is 14.4. The SMILES string of the molecule is CN(CCC1CCN(C(=O)OC(C)(C)C)CC1)C(=O)c1ccc(C(=O)N(C)CCC2CCN(C(=O)OC(C)(C)C)CC2)cc1. The van der Waals surface area contributed by atoms with Gasteiger partial charge in [-0.05, 0) is 116 Å². The van der Waals surface area contributed by atoms with Crippen LogP contribution in [0.2, 0.25) is 0 Å². The van der Waals surface area contributed by atoms with E-state index in [0.717, 1.165) is 38.5 Å². The molecule has 2 aliphatic rings. The molecular weight excluding hydrogens is 560 g/mol. The van der Waals surface area contributed by atoms with Crippen LogP contribution in [-0.4, -0.2) is 108 Å². The molecule has 0 bridgehead atoms. The maximum Gasteiger partial charge on any atom is 0.410 e. The Hall–Kier alpha value is -3.30. The van der Waals surface area contributed by atoms with Gasteiger partial charge < -0.3 is 29.1 Å². The molecule has 0 atom stereocenters. The molecule has 0 unspecified atom stereocenters. The Labute approximate surface area is 264 Å². The highest BCUT2D eigenvalue weighted by molar-refractivity contribution is 5.97. The predicted octanol–water partition coefficient (Wildman–Crippen LogP) is 5.91. The molecule has 44 heavy (non-hydrogen) atoms. The molecule has 1 aromatic carbocycles. The summed E-state index contributed by atoms with van der Waals surface area (Å²) < 4.78 is 11.0. The van der Waals surface area contributed by atoms with Gasteiger partial charge in [-0.25, -0.2) is 9.59 Å². The van der Waals surface area contributed by atoms with E-state index >= 15 is 0 Å². The van der Waals surface area contributed by atoms with E-state index in [1.165, 1.54) is 0 Å². The van der Waals surface area contributed by atoms with Crippen molar-refractivity contribution in [2.45, 2.75) is 91.3 Å². The number of likely N-dealkylation sites (tertiary alicyclic amines) is 2. The van der Waals surface area contributed by atoms with Crippen molar-refractivity contribution in [2.24, 2.45) is 11.8 Å². The van der Waals surface area contributed by atoms with Gasteiger partial charge >= 0.3 is 12.2 Å². The third kappa shape index (κ3) is 11.0. The molecule has 0 radical (unpaired) electrons. The summed E-state index contributed by atoms with van der Waals surface area (Å²) >= 11 is 0. The fourth-order valence-electron chi connectivity index (χ4n) is 5.61. The first-order valence-corrected chi connectivity index (χ1v) is 16.1. The number of carbonyl (C=O) groups is 4. The van der Waals surface area contributed by atoms with Crippen LogP contribution in [0.4, 0.5) is 9.59 Å². The molecule has 4 amide bonds. The van der Waals surface area contributed by atoms with Crippen LogP contribution >= 0.6 is 0 Å². The number of ether oxygens (including phenoxy) is 2. The average molecular weight is 615 g/mol. The zero-order valence-corrected chi connectivity index (χ0v) is 28.2. The molecule has 2 saturated heterocycles. The second-order valence-corrected chi connectivity index (χ2v) is 14.4. The molecule has 0 spiro atoms. The fourth-order valence-corrected chi connectivity index (χ4v) is 5.61. The van der Waals surface area contributed by atoms with Crippen molar-refractivity contribution in [3.8, 4) is 0 Å². The van der Waals surface area contributed by atoms with Crippen LogP contribution < -0.4 is 0 Å². The van der Waals surface area contributed by atoms with Gasteiger partial charge in [0.1, 0.15) is 11.2 Å². The standard InChI is InChI=1S/C34H54N4O6/c1-33(2,3)43-31(41)37-21-15-25(16-22-37)13-19-35(7)29(39)27-9-11-28(12-10-27)30(40)36(8)20-14-26-17-23-38(24-18-26)32(42)44-34(4,5)6/h9-12,25-26H,13-24H2,1-8H3. The minimum atomic E-state index is -0.497. The molecule has 0 aliphatic carbocycles. The number of hydrogen-bond acceptors (Lipinski definition) is 6. The molecular formula is C34H54N4O6. The van der Waals surface area contributed by atoms with E-state index in [4.69, 9.17) is 9.47 Å². The van der Waals surface area contributed by atoms with Crippen LogP contribution in [0.25, 0.3) is 0 Å². The lowest BCUT2D eigenvalue weighted by molar-refractivity contribution is 0.0168. The summed E-state index contributed by atoms with van der Waals surface area (Å²) in [5, 5.41) is 0. The highest BCUT2D eigenvalue weighted by Crippen LogP contribution is 2.24. The molecule has 3 rings (SSSR count). The Kier molecular flexibility index (Phi) is 12.1. The van der Waals surface area contributed by atoms with Crippen molar-refractivity contribution in [1.29, 1.82) is 0 Å². The number of amides is 4. The second kappa shape index (κ2) is 15.1. The molecule has 2 heterocycles. The Bertz CT molecular complexity index is 1030. The van der Waals surface area contributed by atoms with Crippen LogP contribution in [0.3, 0.4) is 0 Å². The van der Waals surface area contributed by atoms with E-state index in [-0.39, 0.29) is 24.0 Å². The quantitative estimate of drug-likeness (QED) is 0.361. The van der Waals surface area contributed by atoms with Crippen LogP contribution in [0.5, 0.6) is 0 Å². The first-order chi connectivity index (χ1) is 20.5. The van der Waals surface area contributed by atoms with E-state index in [1.54, 1.807) is 43.9 Å². The number of rotatable bonds is 8. The molecule has 10 heteroatoms. The lowest BCUT2D eigenvalue weighted by Gasteiger charge is -2.34. The third-order valence-corrected chi connectivity index (χ3v) is 8.35. The van der Waals surface area contributed by atoms with Crippen molar-refractivity contribution in [1.82, 2.24) is 19.6 Å². The largest absolute Gasteiger partial charge is 0.444 e. The van der Waals surface area contributed by atoms with Gasteiger partial charge in [-0.3, -0.25) is 9.59 Å². The highest BCUT2D eigenvalue weighted by atomic mass is 16.6. The van der Waals surface area contributed by atoms with Gasteiger partial charge in [0.15, 0.2) is 0 Å². The lowest BCUT2D eigenvalue weighted by atomic mass is 9.93. The van der Waals surface area contributed by atoms with Gasteiger partial charge in [0.25, 0.3) is 11.8 Å². The minimum absolute atomic E-state index is 0.0683. The Morgan fingerprint density at radius 3 is 1.20 bits per heavy atom. The van der Waals surface area contributed by atoms with Gasteiger partial charge in [0.2, 0.25) is 0 Å². The van der Waals surface area contributed by atoms with Crippen molar-refractivity contribution >= 4 is 24.0 Å². The van der Waals surface area contributed by atoms with E-state index in [0.29, 0.717) is 62.2 Å². The molecule has 246 valence electrons. The molecule has 10 nitrogen and oxygen atoms in total. The summed E-state index contributed by atoms with van der Waals surface area (Å²) in [6.45, 7) is 15.2.